The Hall–Kier alpha value is -2.01. The Morgan fingerprint density at radius 1 is 1.19 bits per heavy atom. The lowest BCUT2D eigenvalue weighted by atomic mass is 10.2. The third-order valence-electron chi connectivity index (χ3n) is 1.84. The highest BCUT2D eigenvalue weighted by Crippen LogP contribution is 2.13. The molecule has 0 atom stereocenters. The van der Waals surface area contributed by atoms with Crippen molar-refractivity contribution in [3.8, 4) is 0 Å². The van der Waals surface area contributed by atoms with Crippen molar-refractivity contribution >= 4 is 29.5 Å². The van der Waals surface area contributed by atoms with E-state index in [0.717, 1.165) is 16.9 Å². The Bertz CT molecular complexity index is 520. The molecule has 0 aliphatic rings. The van der Waals surface area contributed by atoms with Gasteiger partial charge in [0.2, 0.25) is 5.01 Å². The largest absolute Gasteiger partial charge is 0.476 e. The van der Waals surface area contributed by atoms with Crippen LogP contribution in [0.25, 0.3) is 12.2 Å². The molecule has 0 saturated heterocycles. The number of carbonyl (C=O) groups is 1. The van der Waals surface area contributed by atoms with Crippen LogP contribution in [0.2, 0.25) is 0 Å². The summed E-state index contributed by atoms with van der Waals surface area (Å²) in [6, 6.07) is 9.71. The van der Waals surface area contributed by atoms with Crippen molar-refractivity contribution in [2.45, 2.75) is 0 Å². The molecule has 2 rings (SSSR count). The van der Waals surface area contributed by atoms with Crippen LogP contribution in [-0.4, -0.2) is 21.3 Å². The average molecular weight is 232 g/mol. The Labute approximate surface area is 95.9 Å². The Morgan fingerprint density at radius 3 is 2.56 bits per heavy atom. The summed E-state index contributed by atoms with van der Waals surface area (Å²) in [5, 5.41) is 16.6. The van der Waals surface area contributed by atoms with Crippen LogP contribution in [0.5, 0.6) is 0 Å². The molecular weight excluding hydrogens is 224 g/mol. The standard InChI is InChI=1S/C11H8N2O2S/c14-11(15)10-13-12-9(16-10)7-6-8-4-2-1-3-5-8/h1-7H,(H,14,15). The number of nitrogens with zero attached hydrogens (tertiary/aromatic N) is 2. The van der Waals surface area contributed by atoms with Crippen LogP contribution in [-0.2, 0) is 0 Å². The number of hydrogen-bond acceptors (Lipinski definition) is 4. The fourth-order valence-electron chi connectivity index (χ4n) is 1.12. The summed E-state index contributed by atoms with van der Waals surface area (Å²) in [5.41, 5.74) is 1.04. The van der Waals surface area contributed by atoms with Gasteiger partial charge in [0.25, 0.3) is 0 Å². The molecular formula is C11H8N2O2S. The second-order valence-corrected chi connectivity index (χ2v) is 4.00. The molecule has 0 aliphatic heterocycles. The summed E-state index contributed by atoms with van der Waals surface area (Å²) in [4.78, 5) is 10.6. The van der Waals surface area contributed by atoms with E-state index in [2.05, 4.69) is 10.2 Å². The quantitative estimate of drug-likeness (QED) is 0.882. The van der Waals surface area contributed by atoms with Crippen LogP contribution < -0.4 is 0 Å². The first-order valence-electron chi connectivity index (χ1n) is 4.55. The number of carboxylic acid groups (broad SMARTS) is 1. The zero-order valence-electron chi connectivity index (χ0n) is 8.20. The van der Waals surface area contributed by atoms with E-state index in [1.54, 1.807) is 6.08 Å². The summed E-state index contributed by atoms with van der Waals surface area (Å²) in [5.74, 6) is -1.04. The van der Waals surface area contributed by atoms with Gasteiger partial charge in [-0.3, -0.25) is 0 Å². The molecule has 16 heavy (non-hydrogen) atoms. The lowest BCUT2D eigenvalue weighted by molar-refractivity contribution is 0.0695. The first-order valence-corrected chi connectivity index (χ1v) is 5.37. The number of aromatic carboxylic acids is 1. The average Bonchev–Trinajstić information content (AvgIpc) is 2.76. The third-order valence-corrected chi connectivity index (χ3v) is 2.72. The van der Waals surface area contributed by atoms with E-state index < -0.39 is 5.97 Å². The molecule has 0 radical (unpaired) electrons. The van der Waals surface area contributed by atoms with E-state index >= 15 is 0 Å². The Morgan fingerprint density at radius 2 is 1.94 bits per heavy atom. The minimum atomic E-state index is -1.04. The maximum absolute atomic E-state index is 10.6. The number of benzene rings is 1. The molecule has 1 heterocycles. The number of aromatic nitrogens is 2. The summed E-state index contributed by atoms with van der Waals surface area (Å²) in [6.07, 6.45) is 3.62. The fourth-order valence-corrected chi connectivity index (χ4v) is 1.70. The minimum Gasteiger partial charge on any atom is -0.476 e. The highest BCUT2D eigenvalue weighted by molar-refractivity contribution is 7.14. The lowest BCUT2D eigenvalue weighted by Gasteiger charge is -1.88. The molecule has 0 aliphatic carbocycles. The molecule has 5 heteroatoms. The first kappa shape index (κ1) is 10.5. The summed E-state index contributed by atoms with van der Waals surface area (Å²) in [7, 11) is 0. The van der Waals surface area contributed by atoms with E-state index in [4.69, 9.17) is 5.11 Å². The second kappa shape index (κ2) is 4.67. The van der Waals surface area contributed by atoms with E-state index in [1.807, 2.05) is 36.4 Å². The summed E-state index contributed by atoms with van der Waals surface area (Å²) < 4.78 is 0. The molecule has 0 unspecified atom stereocenters. The Kier molecular flexibility index (Phi) is 3.07. The van der Waals surface area contributed by atoms with E-state index in [9.17, 15) is 4.79 Å². The van der Waals surface area contributed by atoms with Crippen molar-refractivity contribution in [1.82, 2.24) is 10.2 Å². The number of hydrogen-bond donors (Lipinski definition) is 1. The normalized spacial score (nSPS) is 10.8. The fraction of sp³-hybridized carbons (Fsp3) is 0. The van der Waals surface area contributed by atoms with Gasteiger partial charge in [-0.25, -0.2) is 4.79 Å². The first-order chi connectivity index (χ1) is 7.75. The maximum Gasteiger partial charge on any atom is 0.367 e. The second-order valence-electron chi connectivity index (χ2n) is 2.99. The van der Waals surface area contributed by atoms with E-state index in [-0.39, 0.29) is 5.01 Å². The summed E-state index contributed by atoms with van der Waals surface area (Å²) in [6.45, 7) is 0. The SMILES string of the molecule is O=C(O)c1nnc(C=Cc2ccccc2)s1. The van der Waals surface area contributed by atoms with Crippen molar-refractivity contribution in [3.63, 3.8) is 0 Å². The van der Waals surface area contributed by atoms with Crippen molar-refractivity contribution in [2.24, 2.45) is 0 Å². The van der Waals surface area contributed by atoms with Gasteiger partial charge in [-0.15, -0.1) is 10.2 Å². The zero-order valence-corrected chi connectivity index (χ0v) is 9.02. The third kappa shape index (κ3) is 2.52. The van der Waals surface area contributed by atoms with Gasteiger partial charge >= 0.3 is 5.97 Å². The maximum atomic E-state index is 10.6. The van der Waals surface area contributed by atoms with Crippen LogP contribution in [0.1, 0.15) is 20.4 Å². The molecule has 0 amide bonds. The molecule has 1 N–H and O–H groups in total. The van der Waals surface area contributed by atoms with Gasteiger partial charge < -0.3 is 5.11 Å². The smallest absolute Gasteiger partial charge is 0.367 e. The monoisotopic (exact) mass is 232 g/mol. The zero-order chi connectivity index (χ0) is 11.4. The van der Waals surface area contributed by atoms with Crippen molar-refractivity contribution < 1.29 is 9.90 Å². The lowest BCUT2D eigenvalue weighted by Crippen LogP contribution is -1.93. The van der Waals surface area contributed by atoms with Crippen LogP contribution in [0.4, 0.5) is 0 Å². The molecule has 0 saturated carbocycles. The summed E-state index contributed by atoms with van der Waals surface area (Å²) >= 11 is 1.05. The van der Waals surface area contributed by atoms with Crippen molar-refractivity contribution in [1.29, 1.82) is 0 Å². The van der Waals surface area contributed by atoms with Gasteiger partial charge in [0.05, 0.1) is 0 Å². The Balaban J connectivity index is 2.15. The van der Waals surface area contributed by atoms with Crippen molar-refractivity contribution in [2.75, 3.05) is 0 Å². The number of rotatable bonds is 3. The van der Waals surface area contributed by atoms with Crippen LogP contribution >= 0.6 is 11.3 Å². The van der Waals surface area contributed by atoms with Gasteiger partial charge in [0.15, 0.2) is 0 Å². The topological polar surface area (TPSA) is 63.1 Å². The van der Waals surface area contributed by atoms with E-state index in [1.165, 1.54) is 0 Å². The number of carboxylic acids is 1. The molecule has 4 nitrogen and oxygen atoms in total. The highest BCUT2D eigenvalue weighted by atomic mass is 32.1. The predicted molar refractivity (Wildman–Crippen MR) is 62.2 cm³/mol. The molecule has 1 aromatic carbocycles. The molecule has 1 aromatic heterocycles. The highest BCUT2D eigenvalue weighted by Gasteiger charge is 2.08. The van der Waals surface area contributed by atoms with Gasteiger partial charge in [0.1, 0.15) is 5.01 Å². The minimum absolute atomic E-state index is 0.00714. The molecule has 0 spiro atoms. The van der Waals surface area contributed by atoms with Crippen LogP contribution in [0.3, 0.4) is 0 Å². The van der Waals surface area contributed by atoms with E-state index in [0.29, 0.717) is 5.01 Å². The molecule has 80 valence electrons. The van der Waals surface area contributed by atoms with Gasteiger partial charge in [-0.1, -0.05) is 47.7 Å². The van der Waals surface area contributed by atoms with Crippen molar-refractivity contribution in [3.05, 3.63) is 45.9 Å². The van der Waals surface area contributed by atoms with Gasteiger partial charge in [0, 0.05) is 0 Å². The van der Waals surface area contributed by atoms with Crippen LogP contribution in [0.15, 0.2) is 30.3 Å². The predicted octanol–water partition coefficient (Wildman–Crippen LogP) is 2.41. The molecule has 2 aromatic rings. The molecule has 0 bridgehead atoms. The van der Waals surface area contributed by atoms with Gasteiger partial charge in [-0.05, 0) is 11.6 Å². The van der Waals surface area contributed by atoms with Gasteiger partial charge in [-0.2, -0.15) is 0 Å². The van der Waals surface area contributed by atoms with Crippen LogP contribution in [0, 0.1) is 0 Å². The molecule has 0 fully saturated rings.